The first kappa shape index (κ1) is 13.7. The Morgan fingerprint density at radius 1 is 1.00 bits per heavy atom. The molecule has 0 saturated carbocycles. The van der Waals surface area contributed by atoms with Crippen LogP contribution in [0.25, 0.3) is 0 Å². The Balaban J connectivity index is 2.10. The van der Waals surface area contributed by atoms with E-state index in [4.69, 9.17) is 4.65 Å². The largest absolute Gasteiger partial charge is 0.658 e. The minimum absolute atomic E-state index is 0.957. The van der Waals surface area contributed by atoms with Crippen molar-refractivity contribution < 1.29 is 9.14 Å². The van der Waals surface area contributed by atoms with Gasteiger partial charge in [0.05, 0.1) is 11.3 Å². The van der Waals surface area contributed by atoms with Gasteiger partial charge in [0.2, 0.25) is 0 Å². The van der Waals surface area contributed by atoms with E-state index in [1.165, 1.54) is 0 Å². The van der Waals surface area contributed by atoms with Crippen LogP contribution in [0, 0.1) is 0 Å². The predicted octanol–water partition coefficient (Wildman–Crippen LogP) is 3.61. The molecule has 0 radical (unpaired) electrons. The van der Waals surface area contributed by atoms with Crippen LogP contribution < -0.4 is 9.55 Å². The minimum Gasteiger partial charge on any atom is -0.658 e. The number of hydrogen-bond donors (Lipinski definition) is 0. The molecule has 4 heteroatoms. The van der Waals surface area contributed by atoms with Crippen molar-refractivity contribution in [2.45, 2.75) is 13.6 Å². The van der Waals surface area contributed by atoms with Crippen molar-refractivity contribution in [2.75, 3.05) is 19.0 Å². The van der Waals surface area contributed by atoms with Gasteiger partial charge in [0.25, 0.3) is 0 Å². The zero-order valence-corrected chi connectivity index (χ0v) is 13.1. The Morgan fingerprint density at radius 2 is 1.71 bits per heavy atom. The molecular formula is C17H21BN2O. The van der Waals surface area contributed by atoms with E-state index in [1.54, 1.807) is 0 Å². The molecule has 0 amide bonds. The molecule has 0 N–H and O–H groups in total. The highest BCUT2D eigenvalue weighted by molar-refractivity contribution is 6.65. The number of para-hydroxylation sites is 1. The van der Waals surface area contributed by atoms with Crippen molar-refractivity contribution in [2.24, 2.45) is 0 Å². The fraction of sp³-hybridized carbons (Fsp3) is 0.235. The predicted molar refractivity (Wildman–Crippen MR) is 90.4 cm³/mol. The van der Waals surface area contributed by atoms with E-state index in [9.17, 15) is 0 Å². The molecule has 0 atom stereocenters. The number of hydrogen-bond acceptors (Lipinski definition) is 2. The third kappa shape index (κ3) is 2.53. The first-order valence-corrected chi connectivity index (χ1v) is 7.39. The Morgan fingerprint density at radius 3 is 2.38 bits per heavy atom. The second-order valence-electron chi connectivity index (χ2n) is 6.28. The van der Waals surface area contributed by atoms with Crippen LogP contribution in [-0.4, -0.2) is 31.3 Å². The van der Waals surface area contributed by atoms with Crippen molar-refractivity contribution in [1.29, 1.82) is 0 Å². The highest BCUT2D eigenvalue weighted by Crippen LogP contribution is 2.32. The molecular weight excluding hydrogens is 259 g/mol. The minimum atomic E-state index is -1.13. The van der Waals surface area contributed by atoms with Crippen LogP contribution in [0.3, 0.4) is 0 Å². The summed E-state index contributed by atoms with van der Waals surface area (Å²) in [5.74, 6) is 0.957. The van der Waals surface area contributed by atoms with Crippen LogP contribution in [0.2, 0.25) is 13.6 Å². The second kappa shape index (κ2) is 4.95. The number of nitrogens with zero attached hydrogens (tertiary/aromatic N) is 2. The van der Waals surface area contributed by atoms with E-state index in [0.717, 1.165) is 22.7 Å². The average Bonchev–Trinajstić information content (AvgIpc) is 2.45. The van der Waals surface area contributed by atoms with Crippen molar-refractivity contribution in [1.82, 2.24) is 0 Å². The third-order valence-corrected chi connectivity index (χ3v) is 3.93. The molecule has 0 aliphatic carbocycles. The molecule has 0 saturated heterocycles. The lowest BCUT2D eigenvalue weighted by atomic mass is 9.55. The van der Waals surface area contributed by atoms with E-state index in [0.29, 0.717) is 0 Å². The van der Waals surface area contributed by atoms with Gasteiger partial charge >= 0.3 is 6.48 Å². The smallest absolute Gasteiger partial charge is 0.450 e. The van der Waals surface area contributed by atoms with Crippen molar-refractivity contribution in [3.05, 3.63) is 54.1 Å². The van der Waals surface area contributed by atoms with Crippen LogP contribution in [-0.2, 0) is 0 Å². The first-order chi connectivity index (χ1) is 9.97. The monoisotopic (exact) mass is 280 g/mol. The average molecular weight is 280 g/mol. The summed E-state index contributed by atoms with van der Waals surface area (Å²) in [6.45, 7) is 3.16. The second-order valence-corrected chi connectivity index (χ2v) is 6.28. The maximum absolute atomic E-state index is 6.31. The summed E-state index contributed by atoms with van der Waals surface area (Å²) in [5, 5.41) is 0. The van der Waals surface area contributed by atoms with Gasteiger partial charge in [-0.25, -0.2) is 0 Å². The molecule has 0 unspecified atom stereocenters. The van der Waals surface area contributed by atoms with Crippen molar-refractivity contribution >= 4 is 24.1 Å². The Bertz CT molecular complexity index is 693. The molecule has 2 aromatic rings. The molecule has 0 aromatic heterocycles. The van der Waals surface area contributed by atoms with Gasteiger partial charge in [0.15, 0.2) is 5.69 Å². The van der Waals surface area contributed by atoms with E-state index in [-0.39, 0.29) is 0 Å². The van der Waals surface area contributed by atoms with Crippen molar-refractivity contribution in [3.63, 3.8) is 0 Å². The zero-order valence-electron chi connectivity index (χ0n) is 13.1. The molecule has 0 spiro atoms. The van der Waals surface area contributed by atoms with Crippen LogP contribution in [0.4, 0.5) is 11.4 Å². The molecule has 108 valence electrons. The lowest BCUT2D eigenvalue weighted by molar-refractivity contribution is -0.310. The first-order valence-electron chi connectivity index (χ1n) is 7.39. The molecule has 0 fully saturated rings. The van der Waals surface area contributed by atoms with Gasteiger partial charge in [-0.1, -0.05) is 31.8 Å². The van der Waals surface area contributed by atoms with E-state index in [1.807, 2.05) is 20.2 Å². The molecule has 3 rings (SSSR count). The van der Waals surface area contributed by atoms with Gasteiger partial charge in [0.1, 0.15) is 6.21 Å². The van der Waals surface area contributed by atoms with Crippen LogP contribution in [0.15, 0.2) is 48.5 Å². The van der Waals surface area contributed by atoms with Gasteiger partial charge in [-0.05, 0) is 18.2 Å². The maximum Gasteiger partial charge on any atom is 0.450 e. The Kier molecular flexibility index (Phi) is 3.24. The summed E-state index contributed by atoms with van der Waals surface area (Å²) in [6.07, 6.45) is 2.19. The van der Waals surface area contributed by atoms with Gasteiger partial charge in [-0.2, -0.15) is 0 Å². The zero-order chi connectivity index (χ0) is 15.0. The maximum atomic E-state index is 6.31. The number of fused-ring (bicyclic) bond motifs is 1. The van der Waals surface area contributed by atoms with E-state index >= 15 is 0 Å². The third-order valence-electron chi connectivity index (χ3n) is 3.93. The van der Waals surface area contributed by atoms with Gasteiger partial charge in [-0.3, -0.25) is 0 Å². The highest BCUT2D eigenvalue weighted by atomic mass is 16.5. The fourth-order valence-corrected chi connectivity index (χ4v) is 2.74. The lowest BCUT2D eigenvalue weighted by Crippen LogP contribution is -2.48. The van der Waals surface area contributed by atoms with Crippen LogP contribution in [0.5, 0.6) is 5.75 Å². The summed E-state index contributed by atoms with van der Waals surface area (Å²) >= 11 is 0. The Hall–Kier alpha value is -2.23. The van der Waals surface area contributed by atoms with Gasteiger partial charge in [-0.15, -0.1) is 0 Å². The topological polar surface area (TPSA) is 15.5 Å². The van der Waals surface area contributed by atoms with E-state index < -0.39 is 6.48 Å². The highest BCUT2D eigenvalue weighted by Gasteiger charge is 2.35. The molecule has 1 aliphatic heterocycles. The summed E-state index contributed by atoms with van der Waals surface area (Å²) in [4.78, 5) is 2.09. The quantitative estimate of drug-likeness (QED) is 0.781. The fourth-order valence-electron chi connectivity index (χ4n) is 2.74. The number of rotatable bonds is 2. The summed E-state index contributed by atoms with van der Waals surface area (Å²) in [7, 11) is 4.08. The summed E-state index contributed by atoms with van der Waals surface area (Å²) in [6, 6.07) is 16.7. The molecule has 3 nitrogen and oxygen atoms in total. The summed E-state index contributed by atoms with van der Waals surface area (Å²) < 4.78 is 8.54. The van der Waals surface area contributed by atoms with Gasteiger partial charge in [0, 0.05) is 31.9 Å². The molecule has 1 aliphatic rings. The standard InChI is InChI=1S/C17H21BN2O/c1-18(2)20(15-8-6-5-7-9-15)13-14-10-11-16(19(3)4)12-17(14)21-18/h5-13H,1-4H3. The normalized spacial score (nSPS) is 15.7. The molecule has 21 heavy (non-hydrogen) atoms. The number of anilines is 1. The summed E-state index contributed by atoms with van der Waals surface area (Å²) in [5.41, 5.74) is 3.43. The number of benzene rings is 2. The SMILES string of the molecule is CN(C)c1ccc2c(c1)O[B-](C)(C)[N+](c1ccccc1)=C2. The van der Waals surface area contributed by atoms with Gasteiger partial charge < -0.3 is 14.0 Å². The van der Waals surface area contributed by atoms with Crippen molar-refractivity contribution in [3.8, 4) is 5.75 Å². The van der Waals surface area contributed by atoms with E-state index in [2.05, 4.69) is 71.7 Å². The lowest BCUT2D eigenvalue weighted by Gasteiger charge is -2.35. The Labute approximate surface area is 126 Å². The molecule has 1 heterocycles. The van der Waals surface area contributed by atoms with Crippen LogP contribution in [0.1, 0.15) is 5.56 Å². The molecule has 0 bridgehead atoms. The molecule has 2 aromatic carbocycles. The van der Waals surface area contributed by atoms with Crippen LogP contribution >= 0.6 is 0 Å².